The Labute approximate surface area is 122 Å². The molecule has 2 aromatic carbocycles. The van der Waals surface area contributed by atoms with Gasteiger partial charge < -0.3 is 10.2 Å². The van der Waals surface area contributed by atoms with Crippen LogP contribution in [0.15, 0.2) is 48.5 Å². The first-order valence-corrected chi connectivity index (χ1v) is 6.68. The number of rotatable bonds is 4. The highest BCUT2D eigenvalue weighted by molar-refractivity contribution is 6.42. The summed E-state index contributed by atoms with van der Waals surface area (Å²) in [5.41, 5.74) is 1.52. The number of hydrogen-bond donors (Lipinski definition) is 2. The van der Waals surface area contributed by atoms with Crippen molar-refractivity contribution in [2.75, 3.05) is 0 Å². The Morgan fingerprint density at radius 1 is 0.895 bits per heavy atom. The van der Waals surface area contributed by atoms with Crippen LogP contribution in [0.3, 0.4) is 0 Å². The van der Waals surface area contributed by atoms with Gasteiger partial charge in [-0.3, -0.25) is 0 Å². The van der Waals surface area contributed by atoms with E-state index >= 15 is 0 Å². The predicted molar refractivity (Wildman–Crippen MR) is 77.6 cm³/mol. The van der Waals surface area contributed by atoms with E-state index in [0.29, 0.717) is 22.0 Å². The summed E-state index contributed by atoms with van der Waals surface area (Å²) < 4.78 is 0. The Morgan fingerprint density at radius 2 is 1.58 bits per heavy atom. The first kappa shape index (κ1) is 14.4. The summed E-state index contributed by atoms with van der Waals surface area (Å²) in [5, 5.41) is 21.0. The Bertz CT molecular complexity index is 543. The predicted octanol–water partition coefficient (Wildman–Crippen LogP) is 3.63. The van der Waals surface area contributed by atoms with Crippen LogP contribution in [0.1, 0.15) is 17.2 Å². The lowest BCUT2D eigenvalue weighted by molar-refractivity contribution is 0.0190. The van der Waals surface area contributed by atoms with Gasteiger partial charge in [0.1, 0.15) is 6.10 Å². The van der Waals surface area contributed by atoms with E-state index in [9.17, 15) is 10.2 Å². The van der Waals surface area contributed by atoms with Gasteiger partial charge in [-0.05, 0) is 23.3 Å². The summed E-state index contributed by atoms with van der Waals surface area (Å²) in [6.07, 6.45) is -1.50. The van der Waals surface area contributed by atoms with E-state index < -0.39 is 12.2 Å². The second-order valence-electron chi connectivity index (χ2n) is 4.38. The molecule has 100 valence electrons. The first-order valence-electron chi connectivity index (χ1n) is 5.93. The topological polar surface area (TPSA) is 40.5 Å². The van der Waals surface area contributed by atoms with Crippen molar-refractivity contribution in [2.45, 2.75) is 18.6 Å². The molecule has 2 aromatic rings. The monoisotopic (exact) mass is 296 g/mol. The molecule has 2 N–H and O–H groups in total. The number of aliphatic hydroxyl groups excluding tert-OH is 2. The van der Waals surface area contributed by atoms with Crippen LogP contribution in [0.2, 0.25) is 10.0 Å². The molecule has 0 bridgehead atoms. The number of aliphatic hydroxyl groups is 2. The highest BCUT2D eigenvalue weighted by Crippen LogP contribution is 2.25. The maximum Gasteiger partial charge on any atom is 0.105 e. The zero-order valence-corrected chi connectivity index (χ0v) is 11.6. The van der Waals surface area contributed by atoms with Crippen molar-refractivity contribution in [3.05, 3.63) is 69.7 Å². The molecular formula is C15H14Cl2O2. The minimum absolute atomic E-state index is 0.312. The molecule has 0 aromatic heterocycles. The number of halogens is 2. The molecule has 0 aliphatic rings. The third-order valence-electron chi connectivity index (χ3n) is 2.93. The summed E-state index contributed by atoms with van der Waals surface area (Å²) in [7, 11) is 0. The van der Waals surface area contributed by atoms with Crippen LogP contribution in [0.4, 0.5) is 0 Å². The molecule has 19 heavy (non-hydrogen) atoms. The second-order valence-corrected chi connectivity index (χ2v) is 5.19. The molecular weight excluding hydrogens is 283 g/mol. The summed E-state index contributed by atoms with van der Waals surface area (Å²) in [4.78, 5) is 0. The lowest BCUT2D eigenvalue weighted by Crippen LogP contribution is -2.20. The van der Waals surface area contributed by atoms with Gasteiger partial charge in [0.25, 0.3) is 0 Å². The Morgan fingerprint density at radius 3 is 2.21 bits per heavy atom. The van der Waals surface area contributed by atoms with Crippen LogP contribution in [0, 0.1) is 0 Å². The fourth-order valence-corrected chi connectivity index (χ4v) is 2.21. The van der Waals surface area contributed by atoms with Crippen molar-refractivity contribution in [2.24, 2.45) is 0 Å². The molecule has 2 rings (SSSR count). The highest BCUT2D eigenvalue weighted by Gasteiger charge is 2.18. The van der Waals surface area contributed by atoms with E-state index in [4.69, 9.17) is 23.2 Å². The van der Waals surface area contributed by atoms with Crippen molar-refractivity contribution < 1.29 is 10.2 Å². The summed E-state index contributed by atoms with van der Waals surface area (Å²) in [5.74, 6) is 0. The Hall–Kier alpha value is -1.06. The number of benzene rings is 2. The SMILES string of the molecule is OC(Cc1ccc(Cl)c(Cl)c1)C(O)c1ccccc1. The van der Waals surface area contributed by atoms with Crippen molar-refractivity contribution in [1.29, 1.82) is 0 Å². The Kier molecular flexibility index (Phi) is 4.83. The molecule has 2 nitrogen and oxygen atoms in total. The van der Waals surface area contributed by atoms with Gasteiger partial charge in [0.15, 0.2) is 0 Å². The van der Waals surface area contributed by atoms with E-state index in [1.807, 2.05) is 18.2 Å². The molecule has 2 unspecified atom stereocenters. The van der Waals surface area contributed by atoms with Crippen LogP contribution in [0.5, 0.6) is 0 Å². The van der Waals surface area contributed by atoms with Crippen molar-refractivity contribution in [1.82, 2.24) is 0 Å². The fourth-order valence-electron chi connectivity index (χ4n) is 1.89. The normalized spacial score (nSPS) is 14.1. The molecule has 0 saturated carbocycles. The average Bonchev–Trinajstić information content (AvgIpc) is 2.43. The Balaban J connectivity index is 2.08. The van der Waals surface area contributed by atoms with Crippen LogP contribution in [0.25, 0.3) is 0 Å². The maximum atomic E-state index is 10.1. The minimum atomic E-state index is -0.921. The largest absolute Gasteiger partial charge is 0.390 e. The van der Waals surface area contributed by atoms with E-state index in [0.717, 1.165) is 5.56 Å². The van der Waals surface area contributed by atoms with Gasteiger partial charge in [-0.2, -0.15) is 0 Å². The lowest BCUT2D eigenvalue weighted by atomic mass is 9.99. The molecule has 0 aliphatic carbocycles. The van der Waals surface area contributed by atoms with Crippen molar-refractivity contribution in [3.63, 3.8) is 0 Å². The van der Waals surface area contributed by atoms with Crippen molar-refractivity contribution in [3.8, 4) is 0 Å². The van der Waals surface area contributed by atoms with Gasteiger partial charge in [-0.25, -0.2) is 0 Å². The molecule has 0 amide bonds. The van der Waals surface area contributed by atoms with Gasteiger partial charge in [0.05, 0.1) is 16.1 Å². The molecule has 0 fully saturated rings. The molecule has 4 heteroatoms. The van der Waals surface area contributed by atoms with E-state index in [2.05, 4.69) is 0 Å². The minimum Gasteiger partial charge on any atom is -0.390 e. The van der Waals surface area contributed by atoms with E-state index in [1.54, 1.807) is 30.3 Å². The smallest absolute Gasteiger partial charge is 0.105 e. The number of hydrogen-bond acceptors (Lipinski definition) is 2. The summed E-state index contributed by atoms with van der Waals surface area (Å²) >= 11 is 11.7. The van der Waals surface area contributed by atoms with E-state index in [1.165, 1.54) is 0 Å². The molecule has 0 radical (unpaired) electrons. The zero-order valence-electron chi connectivity index (χ0n) is 10.1. The molecule has 0 spiro atoms. The standard InChI is InChI=1S/C15H14Cl2O2/c16-12-7-6-10(8-13(12)17)9-14(18)15(19)11-4-2-1-3-5-11/h1-8,14-15,18-19H,9H2. The van der Waals surface area contributed by atoms with Crippen LogP contribution in [-0.4, -0.2) is 16.3 Å². The third kappa shape index (κ3) is 3.71. The molecule has 0 heterocycles. The van der Waals surface area contributed by atoms with Gasteiger partial charge in [0.2, 0.25) is 0 Å². The van der Waals surface area contributed by atoms with Crippen LogP contribution >= 0.6 is 23.2 Å². The average molecular weight is 297 g/mol. The third-order valence-corrected chi connectivity index (χ3v) is 3.67. The van der Waals surface area contributed by atoms with Gasteiger partial charge in [-0.1, -0.05) is 59.6 Å². The fraction of sp³-hybridized carbons (Fsp3) is 0.200. The maximum absolute atomic E-state index is 10.1. The van der Waals surface area contributed by atoms with Crippen LogP contribution < -0.4 is 0 Å². The van der Waals surface area contributed by atoms with Crippen LogP contribution in [-0.2, 0) is 6.42 Å². The molecule has 0 saturated heterocycles. The van der Waals surface area contributed by atoms with Gasteiger partial charge in [-0.15, -0.1) is 0 Å². The van der Waals surface area contributed by atoms with Gasteiger partial charge in [0, 0.05) is 6.42 Å². The van der Waals surface area contributed by atoms with E-state index in [-0.39, 0.29) is 0 Å². The molecule has 2 atom stereocenters. The highest BCUT2D eigenvalue weighted by atomic mass is 35.5. The molecule has 0 aliphatic heterocycles. The quantitative estimate of drug-likeness (QED) is 0.904. The summed E-state index contributed by atoms with van der Waals surface area (Å²) in [6, 6.07) is 14.2. The van der Waals surface area contributed by atoms with Gasteiger partial charge >= 0.3 is 0 Å². The first-order chi connectivity index (χ1) is 9.08. The zero-order chi connectivity index (χ0) is 13.8. The summed E-state index contributed by atoms with van der Waals surface area (Å²) in [6.45, 7) is 0. The lowest BCUT2D eigenvalue weighted by Gasteiger charge is -2.18. The van der Waals surface area contributed by atoms with Crippen molar-refractivity contribution >= 4 is 23.2 Å². The second kappa shape index (κ2) is 6.40.